The third-order valence-electron chi connectivity index (χ3n) is 2.69. The Kier molecular flexibility index (Phi) is 4.41. The fraction of sp³-hybridized carbons (Fsp3) is 0. The lowest BCUT2D eigenvalue weighted by Crippen LogP contribution is -2.27. The molecule has 9 heteroatoms. The molecule has 0 radical (unpaired) electrons. The van der Waals surface area contributed by atoms with E-state index in [4.69, 9.17) is 28.4 Å². The summed E-state index contributed by atoms with van der Waals surface area (Å²) in [4.78, 5) is 17.6. The number of nitriles is 1. The number of allylic oxidation sites excluding steroid dienone is 1. The monoisotopic (exact) mass is 320 g/mol. The van der Waals surface area contributed by atoms with E-state index < -0.39 is 11.4 Å². The number of hydrazine groups is 1. The molecule has 1 heterocycles. The minimum atomic E-state index is -0.795. The summed E-state index contributed by atoms with van der Waals surface area (Å²) in [6, 6.07) is 5.50. The van der Waals surface area contributed by atoms with Gasteiger partial charge in [-0.3, -0.25) is 9.80 Å². The van der Waals surface area contributed by atoms with E-state index in [-0.39, 0.29) is 27.7 Å². The lowest BCUT2D eigenvalue weighted by Gasteiger charge is -2.18. The molecule has 1 aromatic heterocycles. The molecule has 5 N–H and O–H groups in total. The summed E-state index contributed by atoms with van der Waals surface area (Å²) in [7, 11) is 0. The van der Waals surface area contributed by atoms with Gasteiger partial charge in [0.05, 0.1) is 34.5 Å². The first-order chi connectivity index (χ1) is 10.4. The van der Waals surface area contributed by atoms with Gasteiger partial charge in [-0.25, -0.2) is 15.2 Å². The highest BCUT2D eigenvalue weighted by molar-refractivity contribution is 6.31. The van der Waals surface area contributed by atoms with Gasteiger partial charge in [-0.15, -0.1) is 0 Å². The highest BCUT2D eigenvalue weighted by Crippen LogP contribution is 2.34. The molecule has 0 aliphatic rings. The van der Waals surface area contributed by atoms with Gasteiger partial charge in [-0.2, -0.15) is 5.26 Å². The van der Waals surface area contributed by atoms with Gasteiger partial charge in [0.1, 0.15) is 11.8 Å². The topological polar surface area (TPSA) is 125 Å². The number of nitrogens with one attached hydrogen (secondary N) is 1. The van der Waals surface area contributed by atoms with Crippen molar-refractivity contribution < 1.29 is 4.39 Å². The molecule has 2 rings (SSSR count). The third-order valence-corrected chi connectivity index (χ3v) is 2.98. The van der Waals surface area contributed by atoms with Crippen LogP contribution in [-0.4, -0.2) is 9.97 Å². The summed E-state index contributed by atoms with van der Waals surface area (Å²) in [5, 5.41) is 9.47. The summed E-state index contributed by atoms with van der Waals surface area (Å²) in [5.74, 6) is 4.97. The van der Waals surface area contributed by atoms with Crippen LogP contribution in [0.2, 0.25) is 5.02 Å². The zero-order chi connectivity index (χ0) is 16.3. The number of H-pyrrole nitrogens is 1. The Hall–Kier alpha value is -2.89. The highest BCUT2D eigenvalue weighted by Gasteiger charge is 2.18. The number of aromatic amines is 1. The molecule has 0 amide bonds. The number of nitrogens with zero attached hydrogens (tertiary/aromatic N) is 3. The molecule has 0 unspecified atom stereocenters. The van der Waals surface area contributed by atoms with Gasteiger partial charge in [-0.05, 0) is 12.1 Å². The van der Waals surface area contributed by atoms with Crippen LogP contribution in [0.1, 0.15) is 0 Å². The van der Waals surface area contributed by atoms with Gasteiger partial charge >= 0.3 is 0 Å². The Morgan fingerprint density at radius 2 is 2.27 bits per heavy atom. The third kappa shape index (κ3) is 3.06. The van der Waals surface area contributed by atoms with E-state index in [2.05, 4.69) is 9.97 Å². The Bertz CT molecular complexity index is 841. The number of benzene rings is 1. The Balaban J connectivity index is 2.69. The van der Waals surface area contributed by atoms with Crippen molar-refractivity contribution in [1.29, 1.82) is 5.26 Å². The number of nitrogens with two attached hydrogens (primary N) is 2. The molecule has 112 valence electrons. The van der Waals surface area contributed by atoms with E-state index in [1.54, 1.807) is 6.07 Å². The number of hydrogen-bond donors (Lipinski definition) is 3. The van der Waals surface area contributed by atoms with E-state index in [0.717, 1.165) is 23.6 Å². The molecule has 0 fully saturated rings. The Morgan fingerprint density at radius 1 is 1.55 bits per heavy atom. The number of halogens is 2. The summed E-state index contributed by atoms with van der Waals surface area (Å²) in [5.41, 5.74) is 4.83. The summed E-state index contributed by atoms with van der Waals surface area (Å²) < 4.78 is 14.4. The molecule has 0 spiro atoms. The van der Waals surface area contributed by atoms with Gasteiger partial charge in [0.15, 0.2) is 5.82 Å². The van der Waals surface area contributed by atoms with Crippen molar-refractivity contribution in [3.63, 3.8) is 0 Å². The zero-order valence-corrected chi connectivity index (χ0v) is 11.8. The van der Waals surface area contributed by atoms with Crippen LogP contribution in [0.25, 0.3) is 11.3 Å². The number of rotatable bonds is 3. The minimum absolute atomic E-state index is 0.0399. The SMILES string of the molecule is N#C/C(N)=C/N(N)c1ccc(Cl)c(F)c1-c1cc(=O)[nH]cn1. The quantitative estimate of drug-likeness (QED) is 0.444. The van der Waals surface area contributed by atoms with E-state index in [1.807, 2.05) is 0 Å². The van der Waals surface area contributed by atoms with Crippen LogP contribution in [0, 0.1) is 17.1 Å². The lowest BCUT2D eigenvalue weighted by atomic mass is 10.1. The van der Waals surface area contributed by atoms with E-state index in [0.29, 0.717) is 0 Å². The van der Waals surface area contributed by atoms with Gasteiger partial charge in [-0.1, -0.05) is 11.6 Å². The lowest BCUT2D eigenvalue weighted by molar-refractivity contribution is 0.631. The smallest absolute Gasteiger partial charge is 0.251 e. The first-order valence-electron chi connectivity index (χ1n) is 5.88. The molecular weight excluding hydrogens is 311 g/mol. The van der Waals surface area contributed by atoms with Crippen LogP contribution in [0.3, 0.4) is 0 Å². The first kappa shape index (κ1) is 15.5. The molecule has 0 bridgehead atoms. The van der Waals surface area contributed by atoms with Gasteiger partial charge in [0, 0.05) is 6.07 Å². The second-order valence-electron chi connectivity index (χ2n) is 4.16. The maximum atomic E-state index is 14.4. The molecule has 2 aromatic rings. The standard InChI is InChI=1S/C13H10ClFN6O/c14-8-1-2-10(21(18)5-7(17)4-16)12(13(8)15)9-3-11(22)20-6-19-9/h1-3,5-6H,17-18H2,(H,19,20,22)/b7-5-. The van der Waals surface area contributed by atoms with Crippen LogP contribution in [0.5, 0.6) is 0 Å². The molecule has 0 aliphatic heterocycles. The van der Waals surface area contributed by atoms with Crippen molar-refractivity contribution in [3.05, 3.63) is 57.6 Å². The van der Waals surface area contributed by atoms with Crippen molar-refractivity contribution in [2.45, 2.75) is 0 Å². The second kappa shape index (κ2) is 6.26. The molecule has 0 atom stereocenters. The van der Waals surface area contributed by atoms with Crippen LogP contribution in [0.15, 0.2) is 41.2 Å². The van der Waals surface area contributed by atoms with Crippen LogP contribution < -0.4 is 22.1 Å². The minimum Gasteiger partial charge on any atom is -0.389 e. The van der Waals surface area contributed by atoms with Crippen LogP contribution in [-0.2, 0) is 0 Å². The van der Waals surface area contributed by atoms with Gasteiger partial charge < -0.3 is 10.7 Å². The maximum absolute atomic E-state index is 14.4. The molecule has 0 saturated carbocycles. The van der Waals surface area contributed by atoms with E-state index in [9.17, 15) is 9.18 Å². The zero-order valence-electron chi connectivity index (χ0n) is 11.0. The number of aromatic nitrogens is 2. The second-order valence-corrected chi connectivity index (χ2v) is 4.56. The summed E-state index contributed by atoms with van der Waals surface area (Å²) >= 11 is 5.77. The van der Waals surface area contributed by atoms with Crippen molar-refractivity contribution in [3.8, 4) is 17.3 Å². The average Bonchev–Trinajstić information content (AvgIpc) is 2.49. The average molecular weight is 321 g/mol. The van der Waals surface area contributed by atoms with Crippen LogP contribution >= 0.6 is 11.6 Å². The van der Waals surface area contributed by atoms with Gasteiger partial charge in [0.25, 0.3) is 5.56 Å². The van der Waals surface area contributed by atoms with E-state index >= 15 is 0 Å². The molecule has 0 aliphatic carbocycles. The predicted molar refractivity (Wildman–Crippen MR) is 79.8 cm³/mol. The van der Waals surface area contributed by atoms with Crippen molar-refractivity contribution in [2.24, 2.45) is 11.6 Å². The molecular formula is C13H10ClFN6O. The molecule has 0 saturated heterocycles. The van der Waals surface area contributed by atoms with E-state index in [1.165, 1.54) is 12.1 Å². The highest BCUT2D eigenvalue weighted by atomic mass is 35.5. The molecule has 1 aromatic carbocycles. The fourth-order valence-corrected chi connectivity index (χ4v) is 1.91. The molecule has 22 heavy (non-hydrogen) atoms. The summed E-state index contributed by atoms with van der Waals surface area (Å²) in [6.45, 7) is 0. The first-order valence-corrected chi connectivity index (χ1v) is 6.26. The number of anilines is 1. The molecule has 7 nitrogen and oxygen atoms in total. The van der Waals surface area contributed by atoms with Crippen molar-refractivity contribution in [1.82, 2.24) is 9.97 Å². The normalized spacial score (nSPS) is 11.1. The maximum Gasteiger partial charge on any atom is 0.251 e. The van der Waals surface area contributed by atoms with Crippen LogP contribution in [0.4, 0.5) is 10.1 Å². The Labute approximate surface area is 129 Å². The Morgan fingerprint density at radius 3 is 2.91 bits per heavy atom. The fourth-order valence-electron chi connectivity index (χ4n) is 1.75. The largest absolute Gasteiger partial charge is 0.389 e. The van der Waals surface area contributed by atoms with Crippen molar-refractivity contribution in [2.75, 3.05) is 5.01 Å². The number of hydrogen-bond acceptors (Lipinski definition) is 6. The van der Waals surface area contributed by atoms with Gasteiger partial charge in [0.2, 0.25) is 0 Å². The van der Waals surface area contributed by atoms with Crippen molar-refractivity contribution >= 4 is 17.3 Å². The predicted octanol–water partition coefficient (Wildman–Crippen LogP) is 1.23. The summed E-state index contributed by atoms with van der Waals surface area (Å²) in [6.07, 6.45) is 2.24.